The van der Waals surface area contributed by atoms with Gasteiger partial charge in [-0.05, 0) is 76.5 Å². The predicted octanol–water partition coefficient (Wildman–Crippen LogP) is 3.20. The zero-order valence-electron chi connectivity index (χ0n) is 27.0. The van der Waals surface area contributed by atoms with Gasteiger partial charge in [-0.3, -0.25) is 24.1 Å². The van der Waals surface area contributed by atoms with Crippen LogP contribution < -0.4 is 15.4 Å². The summed E-state index contributed by atoms with van der Waals surface area (Å²) in [6, 6.07) is 5.86. The van der Waals surface area contributed by atoms with Crippen LogP contribution in [-0.2, 0) is 14.4 Å². The number of para-hydroxylation sites is 1. The van der Waals surface area contributed by atoms with Crippen molar-refractivity contribution in [3.05, 3.63) is 29.8 Å². The second-order valence-corrected chi connectivity index (χ2v) is 14.2. The molecule has 2 aliphatic heterocycles. The number of piperazine rings is 1. The van der Waals surface area contributed by atoms with Gasteiger partial charge in [0.25, 0.3) is 11.8 Å². The van der Waals surface area contributed by atoms with Crippen molar-refractivity contribution in [2.24, 2.45) is 11.8 Å². The number of likely N-dealkylation sites (N-methyl/N-ethyl adjacent to an activating group) is 1. The molecule has 2 saturated heterocycles. The van der Waals surface area contributed by atoms with Crippen LogP contribution >= 0.6 is 0 Å². The largest absolute Gasteiger partial charge is 0.483 e. The van der Waals surface area contributed by atoms with Crippen molar-refractivity contribution in [3.63, 3.8) is 0 Å². The summed E-state index contributed by atoms with van der Waals surface area (Å²) >= 11 is 0. The molecule has 44 heavy (non-hydrogen) atoms. The van der Waals surface area contributed by atoms with Gasteiger partial charge in [0.05, 0.1) is 5.56 Å². The third-order valence-electron chi connectivity index (χ3n) is 9.98. The van der Waals surface area contributed by atoms with Gasteiger partial charge in [-0.1, -0.05) is 45.2 Å². The summed E-state index contributed by atoms with van der Waals surface area (Å²) in [5.74, 6) is 0.359. The molecule has 5 rings (SSSR count). The molecule has 10 heteroatoms. The Morgan fingerprint density at radius 1 is 1.02 bits per heavy atom. The van der Waals surface area contributed by atoms with Crippen LogP contribution in [0.15, 0.2) is 24.3 Å². The Hall–Kier alpha value is -3.14. The molecule has 4 aliphatic rings. The number of hydrogen-bond donors (Lipinski definition) is 2. The van der Waals surface area contributed by atoms with E-state index in [1.165, 1.54) is 19.3 Å². The van der Waals surface area contributed by atoms with Crippen LogP contribution in [-0.4, -0.2) is 102 Å². The quantitative estimate of drug-likeness (QED) is 0.377. The summed E-state index contributed by atoms with van der Waals surface area (Å²) < 4.78 is 5.76. The van der Waals surface area contributed by atoms with E-state index in [-0.39, 0.29) is 47.1 Å². The van der Waals surface area contributed by atoms with Crippen LogP contribution in [0.4, 0.5) is 0 Å². The Morgan fingerprint density at radius 3 is 2.45 bits per heavy atom. The molecule has 0 spiro atoms. The van der Waals surface area contributed by atoms with Gasteiger partial charge in [-0.15, -0.1) is 0 Å². The maximum Gasteiger partial charge on any atom is 0.258 e. The van der Waals surface area contributed by atoms with E-state index in [0.29, 0.717) is 38.5 Å². The third-order valence-corrected chi connectivity index (χ3v) is 9.98. The first kappa shape index (κ1) is 32.3. The van der Waals surface area contributed by atoms with Crippen molar-refractivity contribution in [1.29, 1.82) is 0 Å². The fourth-order valence-corrected chi connectivity index (χ4v) is 6.75. The van der Waals surface area contributed by atoms with E-state index < -0.39 is 18.0 Å². The fraction of sp³-hybridized carbons (Fsp3) is 0.706. The number of rotatable bonds is 12. The number of carbonyl (C=O) groups excluding carboxylic acids is 4. The first-order chi connectivity index (χ1) is 21.0. The smallest absolute Gasteiger partial charge is 0.258 e. The lowest BCUT2D eigenvalue weighted by atomic mass is 9.80. The summed E-state index contributed by atoms with van der Waals surface area (Å²) in [4.78, 5) is 59.9. The van der Waals surface area contributed by atoms with Crippen molar-refractivity contribution < 1.29 is 23.9 Å². The average molecular weight is 610 g/mol. The monoisotopic (exact) mass is 609 g/mol. The van der Waals surface area contributed by atoms with E-state index in [4.69, 9.17) is 4.74 Å². The average Bonchev–Trinajstić information content (AvgIpc) is 3.48. The van der Waals surface area contributed by atoms with Crippen molar-refractivity contribution in [3.8, 4) is 5.75 Å². The van der Waals surface area contributed by atoms with Crippen LogP contribution in [0.25, 0.3) is 0 Å². The molecule has 1 aromatic carbocycles. The van der Waals surface area contributed by atoms with Crippen molar-refractivity contribution in [2.45, 2.75) is 102 Å². The summed E-state index contributed by atoms with van der Waals surface area (Å²) in [7, 11) is 2.15. The molecule has 0 bridgehead atoms. The van der Waals surface area contributed by atoms with Gasteiger partial charge in [0.15, 0.2) is 6.61 Å². The maximum absolute atomic E-state index is 14.0. The third kappa shape index (κ3) is 7.92. The normalized spacial score (nSPS) is 24.0. The Morgan fingerprint density at radius 2 is 1.77 bits per heavy atom. The van der Waals surface area contributed by atoms with Gasteiger partial charge in [0, 0.05) is 37.8 Å². The van der Waals surface area contributed by atoms with Gasteiger partial charge >= 0.3 is 0 Å². The number of amides is 4. The minimum atomic E-state index is -0.777. The highest BCUT2D eigenvalue weighted by molar-refractivity contribution is 6.00. The lowest BCUT2D eigenvalue weighted by Crippen LogP contribution is -2.59. The molecule has 1 aromatic rings. The molecule has 2 saturated carbocycles. The van der Waals surface area contributed by atoms with E-state index in [1.54, 1.807) is 29.2 Å². The Labute approximate surface area is 262 Å². The van der Waals surface area contributed by atoms with E-state index in [1.807, 2.05) is 25.7 Å². The Bertz CT molecular complexity index is 1210. The zero-order valence-corrected chi connectivity index (χ0v) is 27.0. The van der Waals surface area contributed by atoms with Crippen LogP contribution in [0.5, 0.6) is 5.75 Å². The summed E-state index contributed by atoms with van der Waals surface area (Å²) in [6.45, 7) is 8.57. The van der Waals surface area contributed by atoms with E-state index in [0.717, 1.165) is 38.1 Å². The number of nitrogens with one attached hydrogen (secondary N) is 2. The predicted molar refractivity (Wildman–Crippen MR) is 168 cm³/mol. The first-order valence-electron chi connectivity index (χ1n) is 16.7. The number of ether oxygens (including phenoxy) is 1. The van der Waals surface area contributed by atoms with Crippen LogP contribution in [0.2, 0.25) is 0 Å². The highest BCUT2D eigenvalue weighted by atomic mass is 16.5. The molecule has 10 nitrogen and oxygen atoms in total. The van der Waals surface area contributed by atoms with Crippen LogP contribution in [0.3, 0.4) is 0 Å². The SMILES string of the molecule is CC(C)C[C@@H](NC(=O)c1ccccc1OCC(=O)NC1(C)CC1)C(=O)N1CCC[C@@H]1C(=O)N1CCN(C)[C@@H](CC2CCC2)C1. The maximum atomic E-state index is 14.0. The summed E-state index contributed by atoms with van der Waals surface area (Å²) in [6.07, 6.45) is 8.77. The second kappa shape index (κ2) is 13.9. The highest BCUT2D eigenvalue weighted by Gasteiger charge is 2.42. The molecule has 2 aliphatic carbocycles. The number of hydrogen-bond acceptors (Lipinski definition) is 6. The number of carbonyl (C=O) groups is 4. The molecule has 242 valence electrons. The summed E-state index contributed by atoms with van der Waals surface area (Å²) in [5, 5.41) is 5.92. The Balaban J connectivity index is 1.23. The number of likely N-dealkylation sites (tertiary alicyclic amines) is 1. The zero-order chi connectivity index (χ0) is 31.4. The number of benzene rings is 1. The van der Waals surface area contributed by atoms with E-state index >= 15 is 0 Å². The van der Waals surface area contributed by atoms with Gasteiger partial charge < -0.3 is 25.2 Å². The minimum absolute atomic E-state index is 0.0364. The molecule has 2 heterocycles. The molecule has 3 atom stereocenters. The van der Waals surface area contributed by atoms with Crippen molar-refractivity contribution in [1.82, 2.24) is 25.3 Å². The number of nitrogens with zero attached hydrogens (tertiary/aromatic N) is 3. The lowest BCUT2D eigenvalue weighted by Gasteiger charge is -2.43. The van der Waals surface area contributed by atoms with Crippen molar-refractivity contribution >= 4 is 23.6 Å². The van der Waals surface area contributed by atoms with E-state index in [2.05, 4.69) is 22.6 Å². The highest BCUT2D eigenvalue weighted by Crippen LogP contribution is 2.34. The fourth-order valence-electron chi connectivity index (χ4n) is 6.75. The molecular weight excluding hydrogens is 558 g/mol. The van der Waals surface area contributed by atoms with Crippen molar-refractivity contribution in [2.75, 3.05) is 39.8 Å². The van der Waals surface area contributed by atoms with Crippen LogP contribution in [0, 0.1) is 11.8 Å². The minimum Gasteiger partial charge on any atom is -0.483 e. The molecule has 0 radical (unpaired) electrons. The molecule has 0 aromatic heterocycles. The standard InChI is InChI=1S/C34H51N5O5/c1-23(2)19-27(35-31(41)26-11-5-6-13-29(26)44-22-30(40)36-34(3)14-15-34)32(42)39-16-8-12-28(39)33(43)38-18-17-37(4)25(21-38)20-24-9-7-10-24/h5-6,11,13,23-25,27-28H,7-10,12,14-22H2,1-4H3,(H,35,41)(H,36,40)/t25-,27+,28+/m0/s1. The molecule has 4 fully saturated rings. The first-order valence-corrected chi connectivity index (χ1v) is 16.7. The van der Waals surface area contributed by atoms with Gasteiger partial charge in [0.2, 0.25) is 11.8 Å². The summed E-state index contributed by atoms with van der Waals surface area (Å²) in [5.41, 5.74) is 0.113. The molecule has 4 amide bonds. The van der Waals surface area contributed by atoms with Gasteiger partial charge in [-0.2, -0.15) is 0 Å². The molecule has 0 unspecified atom stereocenters. The van der Waals surface area contributed by atoms with Gasteiger partial charge in [-0.25, -0.2) is 0 Å². The second-order valence-electron chi connectivity index (χ2n) is 14.2. The Kier molecular flexibility index (Phi) is 10.2. The lowest BCUT2D eigenvalue weighted by molar-refractivity contribution is -0.146. The topological polar surface area (TPSA) is 111 Å². The van der Waals surface area contributed by atoms with Gasteiger partial charge in [0.1, 0.15) is 17.8 Å². The van der Waals surface area contributed by atoms with E-state index in [9.17, 15) is 19.2 Å². The molecular formula is C34H51N5O5. The van der Waals surface area contributed by atoms with Crippen LogP contribution in [0.1, 0.15) is 88.9 Å². The molecule has 2 N–H and O–H groups in total.